The van der Waals surface area contributed by atoms with Crippen molar-refractivity contribution in [2.24, 2.45) is 11.7 Å². The Labute approximate surface area is 234 Å². The minimum absolute atomic E-state index is 0. The average molecular weight is 559 g/mol. The molecule has 2 aromatic rings. The van der Waals surface area contributed by atoms with Crippen LogP contribution in [0.15, 0.2) is 42.5 Å². The molecule has 39 heavy (non-hydrogen) atoms. The average Bonchev–Trinajstić information content (AvgIpc) is 2.96. The molecule has 2 fully saturated rings. The molecule has 0 bridgehead atoms. The molecule has 10 nitrogen and oxygen atoms in total. The second-order valence-electron chi connectivity index (χ2n) is 9.53. The van der Waals surface area contributed by atoms with Crippen LogP contribution >= 0.6 is 12.4 Å². The smallest absolute Gasteiger partial charge is 0.309 e. The predicted molar refractivity (Wildman–Crippen MR) is 148 cm³/mol. The molecule has 0 spiro atoms. The van der Waals surface area contributed by atoms with Crippen LogP contribution in [0.25, 0.3) is 11.1 Å². The molecule has 2 aromatic carbocycles. The highest BCUT2D eigenvalue weighted by Gasteiger charge is 2.30. The van der Waals surface area contributed by atoms with Gasteiger partial charge in [-0.25, -0.2) is 0 Å². The van der Waals surface area contributed by atoms with Crippen molar-refractivity contribution in [2.45, 2.75) is 31.7 Å². The highest BCUT2D eigenvalue weighted by Crippen LogP contribution is 2.29. The second-order valence-corrected chi connectivity index (χ2v) is 9.53. The van der Waals surface area contributed by atoms with E-state index in [9.17, 15) is 14.4 Å². The number of nitrogen functional groups attached to an aromatic ring is 1. The summed E-state index contributed by atoms with van der Waals surface area (Å²) in [5.41, 5.74) is 8.31. The van der Waals surface area contributed by atoms with Gasteiger partial charge in [0.1, 0.15) is 11.6 Å². The van der Waals surface area contributed by atoms with Gasteiger partial charge in [-0.1, -0.05) is 30.3 Å². The third-order valence-electron chi connectivity index (χ3n) is 7.07. The van der Waals surface area contributed by atoms with Crippen molar-refractivity contribution in [1.29, 1.82) is 5.41 Å². The standard InChI is InChI=1S/C28H34N4O6.ClH/c1-36-24-11-8-21(18-2-4-19(5-3-18)26(29)30)16-23(24)27(34)31-22-9-6-20(7-10-22)28(35)38-17-25(33)32-12-14-37-15-13-32;/h2-5,8,11,16,20,22H,6-7,9-10,12-15,17H2,1H3,(H3,29,30)(H,31,34);1H. The van der Waals surface area contributed by atoms with E-state index < -0.39 is 0 Å². The third-order valence-corrected chi connectivity index (χ3v) is 7.07. The molecule has 0 radical (unpaired) electrons. The number of esters is 1. The summed E-state index contributed by atoms with van der Waals surface area (Å²) in [7, 11) is 1.52. The molecule has 2 aliphatic rings. The predicted octanol–water partition coefficient (Wildman–Crippen LogP) is 2.76. The number of nitrogens with one attached hydrogen (secondary N) is 2. The highest BCUT2D eigenvalue weighted by molar-refractivity contribution is 5.99. The van der Waals surface area contributed by atoms with Gasteiger partial charge in [-0.3, -0.25) is 19.8 Å². The molecule has 1 saturated carbocycles. The molecule has 4 rings (SSSR count). The lowest BCUT2D eigenvalue weighted by atomic mass is 9.86. The molecule has 0 aromatic heterocycles. The van der Waals surface area contributed by atoms with Crippen molar-refractivity contribution in [2.75, 3.05) is 40.0 Å². The van der Waals surface area contributed by atoms with E-state index in [1.165, 1.54) is 7.11 Å². The van der Waals surface area contributed by atoms with Crippen LogP contribution in [0.5, 0.6) is 5.75 Å². The Morgan fingerprint density at radius 1 is 1.03 bits per heavy atom. The van der Waals surface area contributed by atoms with Crippen LogP contribution in [0.3, 0.4) is 0 Å². The number of hydrogen-bond donors (Lipinski definition) is 3. The van der Waals surface area contributed by atoms with E-state index in [0.29, 0.717) is 68.9 Å². The summed E-state index contributed by atoms with van der Waals surface area (Å²) in [6, 6.07) is 12.6. The molecule has 4 N–H and O–H groups in total. The fourth-order valence-corrected chi connectivity index (χ4v) is 4.80. The largest absolute Gasteiger partial charge is 0.496 e. The first-order chi connectivity index (χ1) is 18.4. The van der Waals surface area contributed by atoms with Crippen LogP contribution < -0.4 is 15.8 Å². The Balaban J connectivity index is 0.00000420. The third kappa shape index (κ3) is 7.70. The molecular formula is C28H35ClN4O6. The van der Waals surface area contributed by atoms with Crippen LogP contribution in [0, 0.1) is 11.3 Å². The molecule has 1 saturated heterocycles. The molecule has 11 heteroatoms. The van der Waals surface area contributed by atoms with Crippen LogP contribution in [-0.2, 0) is 19.1 Å². The van der Waals surface area contributed by atoms with Crippen molar-refractivity contribution >= 4 is 36.0 Å². The first-order valence-corrected chi connectivity index (χ1v) is 12.8. The number of methoxy groups -OCH3 is 1. The molecule has 1 aliphatic carbocycles. The number of nitrogens with two attached hydrogens (primary N) is 1. The Morgan fingerprint density at radius 3 is 2.28 bits per heavy atom. The number of carbonyl (C=O) groups excluding carboxylic acids is 3. The number of benzene rings is 2. The molecule has 1 heterocycles. The fourth-order valence-electron chi connectivity index (χ4n) is 4.80. The summed E-state index contributed by atoms with van der Waals surface area (Å²) in [5, 5.41) is 10.6. The van der Waals surface area contributed by atoms with E-state index in [1.54, 1.807) is 29.2 Å². The lowest BCUT2D eigenvalue weighted by Gasteiger charge is -2.29. The van der Waals surface area contributed by atoms with Gasteiger partial charge < -0.3 is 30.2 Å². The highest BCUT2D eigenvalue weighted by atomic mass is 35.5. The zero-order chi connectivity index (χ0) is 27.1. The first kappa shape index (κ1) is 29.9. The van der Waals surface area contributed by atoms with Gasteiger partial charge >= 0.3 is 5.97 Å². The Hall–Kier alpha value is -3.63. The van der Waals surface area contributed by atoms with Crippen molar-refractivity contribution in [3.63, 3.8) is 0 Å². The van der Waals surface area contributed by atoms with Crippen molar-refractivity contribution in [1.82, 2.24) is 10.2 Å². The lowest BCUT2D eigenvalue weighted by molar-refractivity contribution is -0.157. The van der Waals surface area contributed by atoms with Crippen molar-refractivity contribution in [3.05, 3.63) is 53.6 Å². The van der Waals surface area contributed by atoms with Gasteiger partial charge in [-0.2, -0.15) is 0 Å². The summed E-state index contributed by atoms with van der Waals surface area (Å²) in [6.45, 7) is 1.78. The zero-order valence-corrected chi connectivity index (χ0v) is 22.8. The summed E-state index contributed by atoms with van der Waals surface area (Å²) < 4.78 is 16.0. The SMILES string of the molecule is COc1ccc(-c2ccc(C(=N)N)cc2)cc1C(=O)NC1CCC(C(=O)OCC(=O)N2CCOCC2)CC1.Cl. The van der Waals surface area contributed by atoms with Gasteiger partial charge in [0, 0.05) is 24.7 Å². The van der Waals surface area contributed by atoms with E-state index in [0.717, 1.165) is 11.1 Å². The molecule has 1 aliphatic heterocycles. The number of hydrogen-bond acceptors (Lipinski definition) is 7. The number of morpholine rings is 1. The number of ether oxygens (including phenoxy) is 3. The van der Waals surface area contributed by atoms with Crippen molar-refractivity contribution in [3.8, 4) is 16.9 Å². The Morgan fingerprint density at radius 2 is 1.67 bits per heavy atom. The van der Waals surface area contributed by atoms with Gasteiger partial charge in [-0.15, -0.1) is 12.4 Å². The Kier molecular flexibility index (Phi) is 10.7. The van der Waals surface area contributed by atoms with E-state index in [4.69, 9.17) is 25.4 Å². The maximum Gasteiger partial charge on any atom is 0.309 e. The van der Waals surface area contributed by atoms with Gasteiger partial charge in [0.2, 0.25) is 0 Å². The maximum atomic E-state index is 13.2. The lowest BCUT2D eigenvalue weighted by Crippen LogP contribution is -2.43. The van der Waals surface area contributed by atoms with E-state index >= 15 is 0 Å². The molecule has 0 atom stereocenters. The van der Waals surface area contributed by atoms with E-state index in [1.807, 2.05) is 18.2 Å². The number of halogens is 1. The molecular weight excluding hydrogens is 524 g/mol. The number of amides is 2. The van der Waals surface area contributed by atoms with Gasteiger partial charge in [0.05, 0.1) is 31.8 Å². The summed E-state index contributed by atoms with van der Waals surface area (Å²) >= 11 is 0. The molecule has 210 valence electrons. The zero-order valence-electron chi connectivity index (χ0n) is 21.9. The van der Waals surface area contributed by atoms with Crippen molar-refractivity contribution < 1.29 is 28.6 Å². The molecule has 2 amide bonds. The number of amidine groups is 1. The minimum Gasteiger partial charge on any atom is -0.496 e. The normalized spacial score (nSPS) is 18.8. The Bertz CT molecular complexity index is 1180. The van der Waals surface area contributed by atoms with Gasteiger partial charge in [0.25, 0.3) is 11.8 Å². The van der Waals surface area contributed by atoms with Gasteiger partial charge in [-0.05, 0) is 48.9 Å². The number of carbonyl (C=O) groups is 3. The van der Waals surface area contributed by atoms with Crippen LogP contribution in [0.1, 0.15) is 41.6 Å². The van der Waals surface area contributed by atoms with E-state index in [-0.39, 0.29) is 54.6 Å². The second kappa shape index (κ2) is 14.0. The quantitative estimate of drug-likeness (QED) is 0.257. The number of nitrogens with zero attached hydrogens (tertiary/aromatic N) is 1. The fraction of sp³-hybridized carbons (Fsp3) is 0.429. The summed E-state index contributed by atoms with van der Waals surface area (Å²) in [4.78, 5) is 39.6. The first-order valence-electron chi connectivity index (χ1n) is 12.8. The van der Waals surface area contributed by atoms with E-state index in [2.05, 4.69) is 5.32 Å². The maximum absolute atomic E-state index is 13.2. The summed E-state index contributed by atoms with van der Waals surface area (Å²) in [5.74, 6) is -0.623. The summed E-state index contributed by atoms with van der Waals surface area (Å²) in [6.07, 6.45) is 2.43. The minimum atomic E-state index is -0.360. The number of rotatable bonds is 8. The van der Waals surface area contributed by atoms with Crippen LogP contribution in [0.4, 0.5) is 0 Å². The topological polar surface area (TPSA) is 144 Å². The van der Waals surface area contributed by atoms with Crippen LogP contribution in [-0.4, -0.2) is 74.6 Å². The van der Waals surface area contributed by atoms with Gasteiger partial charge in [0.15, 0.2) is 6.61 Å². The monoisotopic (exact) mass is 558 g/mol. The molecule has 0 unspecified atom stereocenters. The van der Waals surface area contributed by atoms with Crippen LogP contribution in [0.2, 0.25) is 0 Å².